The number of carbonyl (C=O) groups is 1. The Bertz CT molecular complexity index is 701. The lowest BCUT2D eigenvalue weighted by molar-refractivity contribution is 0.102. The number of methoxy groups -OCH3 is 1. The first kappa shape index (κ1) is 17.0. The van der Waals surface area contributed by atoms with E-state index in [2.05, 4.69) is 5.32 Å². The van der Waals surface area contributed by atoms with E-state index in [0.717, 1.165) is 11.1 Å². The van der Waals surface area contributed by atoms with Crippen molar-refractivity contribution in [2.24, 2.45) is 0 Å². The number of anilines is 1. The minimum atomic E-state index is -0.444. The van der Waals surface area contributed by atoms with E-state index in [4.69, 9.17) is 9.47 Å². The molecule has 0 aliphatic carbocycles. The van der Waals surface area contributed by atoms with Crippen molar-refractivity contribution in [2.45, 2.75) is 13.8 Å². The van der Waals surface area contributed by atoms with Gasteiger partial charge in [-0.05, 0) is 43.2 Å². The lowest BCUT2D eigenvalue weighted by Gasteiger charge is -2.14. The zero-order valence-electron chi connectivity index (χ0n) is 13.5. The molecule has 23 heavy (non-hydrogen) atoms. The molecule has 0 radical (unpaired) electrons. The van der Waals surface area contributed by atoms with Gasteiger partial charge >= 0.3 is 0 Å². The Morgan fingerprint density at radius 3 is 2.70 bits per heavy atom. The van der Waals surface area contributed by atoms with Crippen LogP contribution in [0.15, 0.2) is 36.4 Å². The van der Waals surface area contributed by atoms with Gasteiger partial charge in [-0.1, -0.05) is 12.1 Å². The fourth-order valence-corrected chi connectivity index (χ4v) is 2.15. The van der Waals surface area contributed by atoms with Gasteiger partial charge in [-0.3, -0.25) is 4.79 Å². The molecule has 0 aromatic heterocycles. The van der Waals surface area contributed by atoms with Crippen LogP contribution in [0, 0.1) is 19.7 Å². The first-order valence-electron chi connectivity index (χ1n) is 7.31. The van der Waals surface area contributed by atoms with Gasteiger partial charge in [0, 0.05) is 18.7 Å². The van der Waals surface area contributed by atoms with E-state index in [9.17, 15) is 9.18 Å². The van der Waals surface area contributed by atoms with Gasteiger partial charge in [-0.15, -0.1) is 0 Å². The van der Waals surface area contributed by atoms with Gasteiger partial charge in [0.25, 0.3) is 5.91 Å². The maximum Gasteiger partial charge on any atom is 0.256 e. The summed E-state index contributed by atoms with van der Waals surface area (Å²) in [5.41, 5.74) is 2.76. The van der Waals surface area contributed by atoms with Crippen LogP contribution in [-0.4, -0.2) is 26.2 Å². The summed E-state index contributed by atoms with van der Waals surface area (Å²) >= 11 is 0. The highest BCUT2D eigenvalue weighted by Gasteiger charge is 2.14. The third-order valence-corrected chi connectivity index (χ3v) is 3.58. The molecule has 0 aliphatic rings. The van der Waals surface area contributed by atoms with Crippen LogP contribution in [-0.2, 0) is 4.74 Å². The van der Waals surface area contributed by atoms with Crippen LogP contribution < -0.4 is 10.1 Å². The van der Waals surface area contributed by atoms with Gasteiger partial charge in [-0.2, -0.15) is 0 Å². The Balaban J connectivity index is 2.22. The van der Waals surface area contributed by atoms with E-state index in [-0.39, 0.29) is 5.91 Å². The van der Waals surface area contributed by atoms with Crippen molar-refractivity contribution in [3.8, 4) is 5.75 Å². The molecule has 0 saturated carbocycles. The van der Waals surface area contributed by atoms with E-state index in [1.54, 1.807) is 13.2 Å². The van der Waals surface area contributed by atoms with Crippen molar-refractivity contribution in [3.63, 3.8) is 0 Å². The number of rotatable bonds is 6. The zero-order chi connectivity index (χ0) is 16.8. The van der Waals surface area contributed by atoms with Crippen molar-refractivity contribution < 1.29 is 18.7 Å². The van der Waals surface area contributed by atoms with Gasteiger partial charge in [0.1, 0.15) is 18.2 Å². The van der Waals surface area contributed by atoms with E-state index >= 15 is 0 Å². The van der Waals surface area contributed by atoms with Crippen LogP contribution in [0.4, 0.5) is 10.1 Å². The lowest BCUT2D eigenvalue weighted by Crippen LogP contribution is -2.15. The summed E-state index contributed by atoms with van der Waals surface area (Å²) in [7, 11) is 1.57. The van der Waals surface area contributed by atoms with Crippen LogP contribution in [0.3, 0.4) is 0 Å². The SMILES string of the molecule is COCCOc1ccc(F)cc1NC(=O)c1cccc(C)c1C. The summed E-state index contributed by atoms with van der Waals surface area (Å²) in [5.74, 6) is -0.337. The summed E-state index contributed by atoms with van der Waals surface area (Å²) in [5, 5.41) is 2.72. The fraction of sp³-hybridized carbons (Fsp3) is 0.278. The Morgan fingerprint density at radius 2 is 1.96 bits per heavy atom. The standard InChI is InChI=1S/C18H20FNO3/c1-12-5-4-6-15(13(12)2)18(21)20-16-11-14(19)7-8-17(16)23-10-9-22-3/h4-8,11H,9-10H2,1-3H3,(H,20,21). The summed E-state index contributed by atoms with van der Waals surface area (Å²) in [6.45, 7) is 4.54. The molecule has 5 heteroatoms. The Hall–Kier alpha value is -2.40. The molecule has 1 amide bonds. The number of aryl methyl sites for hydroxylation is 1. The first-order valence-corrected chi connectivity index (χ1v) is 7.31. The zero-order valence-corrected chi connectivity index (χ0v) is 13.5. The number of halogens is 1. The summed E-state index contributed by atoms with van der Waals surface area (Å²) < 4.78 is 23.9. The molecule has 0 bridgehead atoms. The predicted octanol–water partition coefficient (Wildman–Crippen LogP) is 3.72. The second-order valence-corrected chi connectivity index (χ2v) is 5.18. The van der Waals surface area contributed by atoms with Gasteiger partial charge in [-0.25, -0.2) is 4.39 Å². The predicted molar refractivity (Wildman–Crippen MR) is 87.6 cm³/mol. The van der Waals surface area contributed by atoms with Crippen LogP contribution >= 0.6 is 0 Å². The highest BCUT2D eigenvalue weighted by molar-refractivity contribution is 6.06. The lowest BCUT2D eigenvalue weighted by atomic mass is 10.0. The van der Waals surface area contributed by atoms with Crippen LogP contribution in [0.2, 0.25) is 0 Å². The second kappa shape index (κ2) is 7.74. The highest BCUT2D eigenvalue weighted by Crippen LogP contribution is 2.26. The minimum Gasteiger partial charge on any atom is -0.489 e. The summed E-state index contributed by atoms with van der Waals surface area (Å²) in [6.07, 6.45) is 0. The third kappa shape index (κ3) is 4.29. The topological polar surface area (TPSA) is 47.6 Å². The van der Waals surface area contributed by atoms with E-state index in [1.807, 2.05) is 26.0 Å². The summed E-state index contributed by atoms with van der Waals surface area (Å²) in [6, 6.07) is 9.51. The molecule has 0 heterocycles. The molecule has 1 N–H and O–H groups in total. The van der Waals surface area contributed by atoms with Crippen molar-refractivity contribution in [2.75, 3.05) is 25.6 Å². The van der Waals surface area contributed by atoms with E-state index < -0.39 is 5.82 Å². The largest absolute Gasteiger partial charge is 0.489 e. The molecular formula is C18H20FNO3. The number of hydrogen-bond acceptors (Lipinski definition) is 3. The molecule has 0 spiro atoms. The Kier molecular flexibility index (Phi) is 5.71. The van der Waals surface area contributed by atoms with Gasteiger partial charge < -0.3 is 14.8 Å². The van der Waals surface area contributed by atoms with Crippen molar-refractivity contribution in [3.05, 3.63) is 58.9 Å². The molecule has 2 rings (SSSR count). The average molecular weight is 317 g/mol. The molecule has 0 atom stereocenters. The number of benzene rings is 2. The van der Waals surface area contributed by atoms with Crippen LogP contribution in [0.5, 0.6) is 5.75 Å². The molecule has 0 unspecified atom stereocenters. The minimum absolute atomic E-state index is 0.298. The second-order valence-electron chi connectivity index (χ2n) is 5.18. The number of hydrogen-bond donors (Lipinski definition) is 1. The van der Waals surface area contributed by atoms with Gasteiger partial charge in [0.15, 0.2) is 0 Å². The molecule has 4 nitrogen and oxygen atoms in total. The fourth-order valence-electron chi connectivity index (χ4n) is 2.15. The molecule has 2 aromatic carbocycles. The normalized spacial score (nSPS) is 10.4. The van der Waals surface area contributed by atoms with Gasteiger partial charge in [0.2, 0.25) is 0 Å². The van der Waals surface area contributed by atoms with Crippen LogP contribution in [0.25, 0.3) is 0 Å². The molecule has 0 aliphatic heterocycles. The smallest absolute Gasteiger partial charge is 0.256 e. The summed E-state index contributed by atoms with van der Waals surface area (Å²) in [4.78, 5) is 12.5. The monoisotopic (exact) mass is 317 g/mol. The molecular weight excluding hydrogens is 297 g/mol. The first-order chi connectivity index (χ1) is 11.0. The van der Waals surface area contributed by atoms with Crippen LogP contribution in [0.1, 0.15) is 21.5 Å². The average Bonchev–Trinajstić information content (AvgIpc) is 2.52. The molecule has 2 aromatic rings. The number of nitrogens with one attached hydrogen (secondary N) is 1. The Morgan fingerprint density at radius 1 is 1.17 bits per heavy atom. The van der Waals surface area contributed by atoms with Gasteiger partial charge in [0.05, 0.1) is 12.3 Å². The van der Waals surface area contributed by atoms with E-state index in [0.29, 0.717) is 30.2 Å². The maximum atomic E-state index is 13.5. The van der Waals surface area contributed by atoms with Crippen molar-refractivity contribution in [1.82, 2.24) is 0 Å². The number of amides is 1. The number of ether oxygens (including phenoxy) is 2. The quantitative estimate of drug-likeness (QED) is 0.826. The molecule has 122 valence electrons. The van der Waals surface area contributed by atoms with Crippen molar-refractivity contribution >= 4 is 11.6 Å². The highest BCUT2D eigenvalue weighted by atomic mass is 19.1. The Labute approximate surface area is 135 Å². The van der Waals surface area contributed by atoms with Crippen molar-refractivity contribution in [1.29, 1.82) is 0 Å². The molecule has 0 fully saturated rings. The maximum absolute atomic E-state index is 13.5. The molecule has 0 saturated heterocycles. The van der Waals surface area contributed by atoms with E-state index in [1.165, 1.54) is 18.2 Å². The third-order valence-electron chi connectivity index (χ3n) is 3.58. The number of carbonyl (C=O) groups excluding carboxylic acids is 1.